The fourth-order valence-corrected chi connectivity index (χ4v) is 3.34. The summed E-state index contributed by atoms with van der Waals surface area (Å²) in [5.41, 5.74) is 3.10. The van der Waals surface area contributed by atoms with E-state index in [4.69, 9.17) is 4.74 Å². The molecule has 1 aliphatic rings. The van der Waals surface area contributed by atoms with Crippen LogP contribution in [-0.4, -0.2) is 4.98 Å². The summed E-state index contributed by atoms with van der Waals surface area (Å²) in [5, 5.41) is 3.28. The maximum atomic E-state index is 13.6. The summed E-state index contributed by atoms with van der Waals surface area (Å²) in [6, 6.07) is 17.1. The molecule has 1 aromatic heterocycles. The monoisotopic (exact) mass is 289 g/mol. The lowest BCUT2D eigenvalue weighted by atomic mass is 9.95. The second kappa shape index (κ2) is 4.10. The first-order valence-corrected chi connectivity index (χ1v) is 7.28. The molecule has 3 aromatic carbocycles. The Morgan fingerprint density at radius 2 is 1.82 bits per heavy atom. The van der Waals surface area contributed by atoms with Crippen LogP contribution in [0.15, 0.2) is 54.6 Å². The number of fused-ring (bicyclic) bond motifs is 6. The lowest BCUT2D eigenvalue weighted by Gasteiger charge is -2.19. The predicted molar refractivity (Wildman–Crippen MR) is 85.1 cm³/mol. The fraction of sp³-hybridized carbons (Fsp3) is 0.0526. The third-order valence-corrected chi connectivity index (χ3v) is 4.39. The van der Waals surface area contributed by atoms with E-state index < -0.39 is 0 Å². The van der Waals surface area contributed by atoms with Gasteiger partial charge in [-0.15, -0.1) is 0 Å². The summed E-state index contributed by atoms with van der Waals surface area (Å²) >= 11 is 0. The first-order chi connectivity index (χ1) is 10.8. The summed E-state index contributed by atoms with van der Waals surface area (Å²) in [5.74, 6) is 1.37. The molecule has 106 valence electrons. The Hall–Kier alpha value is -2.81. The minimum absolute atomic E-state index is 0.224. The molecule has 0 saturated heterocycles. The zero-order chi connectivity index (χ0) is 14.7. The Kier molecular flexibility index (Phi) is 2.20. The number of H-pyrrole nitrogens is 1. The van der Waals surface area contributed by atoms with Gasteiger partial charge < -0.3 is 9.72 Å². The second-order valence-electron chi connectivity index (χ2n) is 5.66. The highest BCUT2D eigenvalue weighted by molar-refractivity contribution is 5.92. The molecule has 4 aromatic rings. The van der Waals surface area contributed by atoms with Crippen LogP contribution >= 0.6 is 0 Å². The van der Waals surface area contributed by atoms with Crippen LogP contribution in [0.1, 0.15) is 11.1 Å². The molecule has 0 amide bonds. The average Bonchev–Trinajstić information content (AvgIpc) is 2.90. The Morgan fingerprint density at radius 3 is 2.77 bits per heavy atom. The number of ether oxygens (including phenoxy) is 1. The highest BCUT2D eigenvalue weighted by Gasteiger charge is 2.23. The van der Waals surface area contributed by atoms with Crippen molar-refractivity contribution in [3.05, 3.63) is 71.5 Å². The van der Waals surface area contributed by atoms with Crippen LogP contribution in [0.4, 0.5) is 4.39 Å². The highest BCUT2D eigenvalue weighted by Crippen LogP contribution is 2.42. The van der Waals surface area contributed by atoms with Gasteiger partial charge >= 0.3 is 0 Å². The van der Waals surface area contributed by atoms with Crippen molar-refractivity contribution in [1.82, 2.24) is 4.98 Å². The van der Waals surface area contributed by atoms with Crippen molar-refractivity contribution >= 4 is 21.7 Å². The van der Waals surface area contributed by atoms with E-state index in [1.54, 1.807) is 12.1 Å². The Morgan fingerprint density at radius 1 is 0.909 bits per heavy atom. The second-order valence-corrected chi connectivity index (χ2v) is 5.66. The minimum atomic E-state index is -0.224. The summed E-state index contributed by atoms with van der Waals surface area (Å²) in [7, 11) is 0. The number of halogens is 1. The van der Waals surface area contributed by atoms with E-state index >= 15 is 0 Å². The Labute approximate surface area is 126 Å². The number of hydrogen-bond acceptors (Lipinski definition) is 1. The zero-order valence-electron chi connectivity index (χ0n) is 11.7. The van der Waals surface area contributed by atoms with E-state index in [-0.39, 0.29) is 5.82 Å². The SMILES string of the molecule is Fc1ccc2[nH]c3c(c2c1)Cc1c(ccc2ccccc12)O3. The molecule has 22 heavy (non-hydrogen) atoms. The van der Waals surface area contributed by atoms with Crippen LogP contribution in [-0.2, 0) is 6.42 Å². The van der Waals surface area contributed by atoms with Crippen LogP contribution in [0.2, 0.25) is 0 Å². The molecule has 0 atom stereocenters. The van der Waals surface area contributed by atoms with Gasteiger partial charge in [0.05, 0.1) is 0 Å². The van der Waals surface area contributed by atoms with E-state index in [1.807, 2.05) is 18.2 Å². The van der Waals surface area contributed by atoms with Crippen LogP contribution in [0.25, 0.3) is 21.7 Å². The van der Waals surface area contributed by atoms with Crippen molar-refractivity contribution in [3.8, 4) is 11.6 Å². The van der Waals surface area contributed by atoms with Crippen LogP contribution < -0.4 is 4.74 Å². The molecule has 0 spiro atoms. The molecule has 1 aliphatic heterocycles. The molecule has 0 saturated carbocycles. The third-order valence-electron chi connectivity index (χ3n) is 4.39. The molecule has 0 bridgehead atoms. The van der Waals surface area contributed by atoms with Crippen molar-refractivity contribution in [2.45, 2.75) is 6.42 Å². The highest BCUT2D eigenvalue weighted by atomic mass is 19.1. The normalized spacial score (nSPS) is 13.0. The van der Waals surface area contributed by atoms with Gasteiger partial charge in [-0.3, -0.25) is 0 Å². The molecule has 0 fully saturated rings. The van der Waals surface area contributed by atoms with Gasteiger partial charge in [0, 0.05) is 28.5 Å². The number of hydrogen-bond donors (Lipinski definition) is 1. The third kappa shape index (κ3) is 1.53. The summed E-state index contributed by atoms with van der Waals surface area (Å²) < 4.78 is 19.6. The van der Waals surface area contributed by atoms with E-state index in [1.165, 1.54) is 16.8 Å². The van der Waals surface area contributed by atoms with Gasteiger partial charge in [0.2, 0.25) is 5.88 Å². The lowest BCUT2D eigenvalue weighted by molar-refractivity contribution is 0.448. The fourth-order valence-electron chi connectivity index (χ4n) is 3.34. The Bertz CT molecular complexity index is 1050. The van der Waals surface area contributed by atoms with Gasteiger partial charge in [-0.25, -0.2) is 4.39 Å². The molecular formula is C19H12FNO. The van der Waals surface area contributed by atoms with E-state index in [0.717, 1.165) is 40.1 Å². The summed E-state index contributed by atoms with van der Waals surface area (Å²) in [4.78, 5) is 3.24. The van der Waals surface area contributed by atoms with Gasteiger partial charge in [-0.05, 0) is 35.0 Å². The zero-order valence-corrected chi connectivity index (χ0v) is 11.7. The molecule has 2 nitrogen and oxygen atoms in total. The molecule has 1 N–H and O–H groups in total. The average molecular weight is 289 g/mol. The largest absolute Gasteiger partial charge is 0.440 e. The van der Waals surface area contributed by atoms with Crippen LogP contribution in [0, 0.1) is 5.82 Å². The molecular weight excluding hydrogens is 277 g/mol. The molecule has 0 aliphatic carbocycles. The first-order valence-electron chi connectivity index (χ1n) is 7.28. The topological polar surface area (TPSA) is 25.0 Å². The number of rotatable bonds is 0. The molecule has 0 unspecified atom stereocenters. The number of nitrogens with one attached hydrogen (secondary N) is 1. The van der Waals surface area contributed by atoms with Crippen molar-refractivity contribution in [2.24, 2.45) is 0 Å². The minimum Gasteiger partial charge on any atom is -0.440 e. The standard InChI is InChI=1S/C19H12FNO/c20-12-6-7-17-14(9-12)16-10-15-13-4-2-1-3-11(13)5-8-18(15)22-19(16)21-17/h1-9,21H,10H2. The maximum Gasteiger partial charge on any atom is 0.202 e. The van der Waals surface area contributed by atoms with Gasteiger partial charge in [0.1, 0.15) is 11.6 Å². The summed E-state index contributed by atoms with van der Waals surface area (Å²) in [6.45, 7) is 0. The first kappa shape index (κ1) is 11.8. The smallest absolute Gasteiger partial charge is 0.202 e. The van der Waals surface area contributed by atoms with Gasteiger partial charge in [0.15, 0.2) is 0 Å². The van der Waals surface area contributed by atoms with Crippen LogP contribution in [0.5, 0.6) is 11.6 Å². The van der Waals surface area contributed by atoms with Gasteiger partial charge in [-0.1, -0.05) is 30.3 Å². The van der Waals surface area contributed by atoms with Gasteiger partial charge in [0.25, 0.3) is 0 Å². The number of aromatic nitrogens is 1. The van der Waals surface area contributed by atoms with Crippen molar-refractivity contribution in [1.29, 1.82) is 0 Å². The maximum absolute atomic E-state index is 13.6. The predicted octanol–water partition coefficient (Wildman–Crippen LogP) is 5.16. The number of aromatic amines is 1. The molecule has 5 rings (SSSR count). The quantitative estimate of drug-likeness (QED) is 0.418. The summed E-state index contributed by atoms with van der Waals surface area (Å²) in [6.07, 6.45) is 0.746. The van der Waals surface area contributed by atoms with E-state index in [9.17, 15) is 4.39 Å². The van der Waals surface area contributed by atoms with Crippen molar-refractivity contribution in [2.75, 3.05) is 0 Å². The lowest BCUT2D eigenvalue weighted by Crippen LogP contribution is -2.02. The van der Waals surface area contributed by atoms with E-state index in [2.05, 4.69) is 23.2 Å². The van der Waals surface area contributed by atoms with E-state index in [0.29, 0.717) is 0 Å². The Balaban J connectivity index is 1.79. The molecule has 0 radical (unpaired) electrons. The number of benzene rings is 3. The van der Waals surface area contributed by atoms with Crippen molar-refractivity contribution < 1.29 is 9.13 Å². The van der Waals surface area contributed by atoms with Gasteiger partial charge in [-0.2, -0.15) is 0 Å². The molecule has 2 heterocycles. The molecule has 3 heteroatoms. The van der Waals surface area contributed by atoms with Crippen LogP contribution in [0.3, 0.4) is 0 Å². The van der Waals surface area contributed by atoms with Crippen molar-refractivity contribution in [3.63, 3.8) is 0 Å².